The molecule has 0 unspecified atom stereocenters. The summed E-state index contributed by atoms with van der Waals surface area (Å²) in [5.41, 5.74) is 0. The fourth-order valence-corrected chi connectivity index (χ4v) is 4.68. The molecule has 1 N–H and O–H groups in total. The van der Waals surface area contributed by atoms with Gasteiger partial charge in [0.2, 0.25) is 0 Å². The van der Waals surface area contributed by atoms with Gasteiger partial charge in [0, 0.05) is 0 Å². The van der Waals surface area contributed by atoms with Crippen molar-refractivity contribution in [3.63, 3.8) is 0 Å². The molecule has 0 saturated heterocycles. The molecule has 0 heterocycles. The maximum atomic E-state index is 15.0. The van der Waals surface area contributed by atoms with E-state index in [1.165, 1.54) is 12.1 Å². The quantitative estimate of drug-likeness (QED) is 0.771. The Kier molecular flexibility index (Phi) is 6.17. The zero-order valence-corrected chi connectivity index (χ0v) is 14.5. The van der Waals surface area contributed by atoms with Crippen LogP contribution >= 0.6 is 0 Å². The molecule has 0 radical (unpaired) electrons. The van der Waals surface area contributed by atoms with Crippen LogP contribution in [-0.2, 0) is 10.0 Å². The van der Waals surface area contributed by atoms with Crippen molar-refractivity contribution in [2.45, 2.75) is 63.0 Å². The third-order valence-electron chi connectivity index (χ3n) is 4.96. The maximum Gasteiger partial charge on any atom is 0.269 e. The Labute approximate surface area is 138 Å². The zero-order chi connectivity index (χ0) is 17.0. The van der Waals surface area contributed by atoms with Crippen molar-refractivity contribution in [2.75, 3.05) is 0 Å². The summed E-state index contributed by atoms with van der Waals surface area (Å²) in [5.74, 6) is -0.299. The van der Waals surface area contributed by atoms with Gasteiger partial charge < -0.3 is 5.11 Å². The molecule has 0 amide bonds. The highest BCUT2D eigenvalue weighted by Gasteiger charge is 2.42. The van der Waals surface area contributed by atoms with Gasteiger partial charge in [0.15, 0.2) is 0 Å². The summed E-state index contributed by atoms with van der Waals surface area (Å²) in [7, 11) is -4.26. The number of nitrogens with zero attached hydrogens (tertiary/aromatic N) is 1. The van der Waals surface area contributed by atoms with Crippen LogP contribution in [0, 0.1) is 11.8 Å². The molecule has 4 nitrogen and oxygen atoms in total. The summed E-state index contributed by atoms with van der Waals surface area (Å²) < 4.78 is 40.0. The molecule has 6 heteroatoms. The molecule has 1 aromatic rings. The molecule has 1 aliphatic rings. The molecule has 23 heavy (non-hydrogen) atoms. The lowest BCUT2D eigenvalue weighted by Crippen LogP contribution is -2.48. The van der Waals surface area contributed by atoms with Crippen molar-refractivity contribution < 1.29 is 18.0 Å². The standard InChI is InChI=1S/C17H26FNO3S/c1-3-13(2)16(17(20)14-9-7-8-10-14)19(18)23(21,22)15-11-5-4-6-12-15/h4-6,11-14,16-17,20H,3,7-10H2,1-2H3/t13-,16-,17-/m0/s1. The number of hydrogen-bond donors (Lipinski definition) is 1. The fraction of sp³-hybridized carbons (Fsp3) is 0.647. The van der Waals surface area contributed by atoms with Gasteiger partial charge in [-0.25, -0.2) is 8.42 Å². The minimum absolute atomic E-state index is 0.0294. The van der Waals surface area contributed by atoms with Gasteiger partial charge >= 0.3 is 0 Å². The Hall–Kier alpha value is -0.980. The van der Waals surface area contributed by atoms with Crippen LogP contribution in [0.25, 0.3) is 0 Å². The highest BCUT2D eigenvalue weighted by Crippen LogP contribution is 2.35. The summed E-state index contributed by atoms with van der Waals surface area (Å²) in [4.78, 5) is -0.0885. The minimum Gasteiger partial charge on any atom is -0.391 e. The summed E-state index contributed by atoms with van der Waals surface area (Å²) >= 11 is 0. The molecule has 1 aromatic carbocycles. The summed E-state index contributed by atoms with van der Waals surface area (Å²) in [5, 5.41) is 10.6. The predicted octanol–water partition coefficient (Wildman–Crippen LogP) is 3.53. The van der Waals surface area contributed by atoms with E-state index in [0.29, 0.717) is 6.42 Å². The van der Waals surface area contributed by atoms with Crippen molar-refractivity contribution in [3.8, 4) is 0 Å². The number of hydrogen-bond acceptors (Lipinski definition) is 3. The zero-order valence-electron chi connectivity index (χ0n) is 13.7. The second-order valence-electron chi connectivity index (χ2n) is 6.47. The Morgan fingerprint density at radius 1 is 1.26 bits per heavy atom. The SMILES string of the molecule is CC[C@H](C)[C@@H]([C@@H](O)C1CCCC1)N(F)S(=O)(=O)c1ccccc1. The minimum atomic E-state index is -4.26. The highest BCUT2D eigenvalue weighted by atomic mass is 32.2. The van der Waals surface area contributed by atoms with Crippen LogP contribution in [0.4, 0.5) is 4.48 Å². The lowest BCUT2D eigenvalue weighted by molar-refractivity contribution is -0.0481. The molecule has 0 spiro atoms. The number of halogens is 1. The molecule has 3 atom stereocenters. The predicted molar refractivity (Wildman–Crippen MR) is 87.8 cm³/mol. The normalized spacial score (nSPS) is 20.6. The van der Waals surface area contributed by atoms with Crippen molar-refractivity contribution in [1.29, 1.82) is 0 Å². The lowest BCUT2D eigenvalue weighted by Gasteiger charge is -2.34. The monoisotopic (exact) mass is 343 g/mol. The second kappa shape index (κ2) is 7.73. The van der Waals surface area contributed by atoms with Gasteiger partial charge in [-0.3, -0.25) is 0 Å². The highest BCUT2D eigenvalue weighted by molar-refractivity contribution is 7.89. The van der Waals surface area contributed by atoms with Gasteiger partial charge in [-0.1, -0.05) is 51.3 Å². The van der Waals surface area contributed by atoms with Crippen LogP contribution in [0.2, 0.25) is 0 Å². The number of aliphatic hydroxyl groups excluding tert-OH is 1. The first-order chi connectivity index (χ1) is 10.9. The maximum absolute atomic E-state index is 15.0. The van der Waals surface area contributed by atoms with E-state index in [1.807, 2.05) is 6.92 Å². The smallest absolute Gasteiger partial charge is 0.269 e. The van der Waals surface area contributed by atoms with Crippen LogP contribution in [0.5, 0.6) is 0 Å². The van der Waals surface area contributed by atoms with Crippen molar-refractivity contribution in [1.82, 2.24) is 4.53 Å². The van der Waals surface area contributed by atoms with Crippen LogP contribution in [0.1, 0.15) is 46.0 Å². The van der Waals surface area contributed by atoms with E-state index in [-0.39, 0.29) is 21.3 Å². The van der Waals surface area contributed by atoms with Gasteiger partial charge in [0.1, 0.15) is 0 Å². The first kappa shape index (κ1) is 18.4. The first-order valence-corrected chi connectivity index (χ1v) is 9.77. The average molecular weight is 343 g/mol. The fourth-order valence-electron chi connectivity index (χ4n) is 3.33. The Bertz CT molecular complexity index is 587. The lowest BCUT2D eigenvalue weighted by atomic mass is 9.87. The molecular weight excluding hydrogens is 317 g/mol. The molecule has 0 aromatic heterocycles. The number of aliphatic hydroxyl groups is 1. The van der Waals surface area contributed by atoms with Gasteiger partial charge in [-0.2, -0.15) is 0 Å². The Balaban J connectivity index is 2.31. The first-order valence-electron chi connectivity index (χ1n) is 8.33. The summed E-state index contributed by atoms with van der Waals surface area (Å²) in [6.45, 7) is 3.66. The largest absolute Gasteiger partial charge is 0.391 e. The Morgan fingerprint density at radius 3 is 2.35 bits per heavy atom. The second-order valence-corrected chi connectivity index (χ2v) is 8.24. The van der Waals surface area contributed by atoms with E-state index in [0.717, 1.165) is 25.7 Å². The van der Waals surface area contributed by atoms with E-state index in [2.05, 4.69) is 0 Å². The van der Waals surface area contributed by atoms with Crippen molar-refractivity contribution >= 4 is 10.0 Å². The van der Waals surface area contributed by atoms with Crippen LogP contribution in [0.15, 0.2) is 35.2 Å². The third-order valence-corrected chi connectivity index (χ3v) is 6.54. The van der Waals surface area contributed by atoms with Crippen molar-refractivity contribution in [2.24, 2.45) is 11.8 Å². The molecule has 130 valence electrons. The average Bonchev–Trinajstić information content (AvgIpc) is 3.09. The molecule has 0 aliphatic heterocycles. The third kappa shape index (κ3) is 3.92. The topological polar surface area (TPSA) is 57.6 Å². The Morgan fingerprint density at radius 2 is 1.83 bits per heavy atom. The van der Waals surface area contributed by atoms with Gasteiger partial charge in [-0.15, -0.1) is 4.48 Å². The van der Waals surface area contributed by atoms with E-state index in [1.54, 1.807) is 25.1 Å². The van der Waals surface area contributed by atoms with Crippen molar-refractivity contribution in [3.05, 3.63) is 30.3 Å². The van der Waals surface area contributed by atoms with Gasteiger partial charge in [0.05, 0.1) is 17.0 Å². The molecule has 2 rings (SSSR count). The van der Waals surface area contributed by atoms with Crippen LogP contribution in [0.3, 0.4) is 0 Å². The van der Waals surface area contributed by atoms with Gasteiger partial charge in [0.25, 0.3) is 10.0 Å². The van der Waals surface area contributed by atoms with E-state index >= 15 is 0 Å². The molecule has 1 fully saturated rings. The van der Waals surface area contributed by atoms with Crippen LogP contribution < -0.4 is 0 Å². The summed E-state index contributed by atoms with van der Waals surface area (Å²) in [6.07, 6.45) is 3.29. The summed E-state index contributed by atoms with van der Waals surface area (Å²) in [6, 6.07) is 6.50. The number of benzene rings is 1. The molecule has 1 aliphatic carbocycles. The molecular formula is C17H26FNO3S. The molecule has 0 bridgehead atoms. The molecule has 1 saturated carbocycles. The number of rotatable bonds is 7. The number of sulfonamides is 1. The van der Waals surface area contributed by atoms with Gasteiger partial charge in [-0.05, 0) is 41.3 Å². The van der Waals surface area contributed by atoms with E-state index in [4.69, 9.17) is 0 Å². The van der Waals surface area contributed by atoms with E-state index in [9.17, 15) is 18.0 Å². The van der Waals surface area contributed by atoms with E-state index < -0.39 is 22.2 Å². The van der Waals surface area contributed by atoms with Crippen LogP contribution in [-0.4, -0.2) is 30.2 Å².